The second-order valence-electron chi connectivity index (χ2n) is 5.30. The minimum Gasteiger partial charge on any atom is -0.382 e. The van der Waals surface area contributed by atoms with Crippen LogP contribution in [0.25, 0.3) is 0 Å². The molecule has 1 rings (SSSR count). The third-order valence-electron chi connectivity index (χ3n) is 3.38. The fourth-order valence-electron chi connectivity index (χ4n) is 2.30. The first-order valence-corrected chi connectivity index (χ1v) is 9.76. The van der Waals surface area contributed by atoms with E-state index < -0.39 is 21.9 Å². The maximum absolute atomic E-state index is 13.1. The average molecular weight is 360 g/mol. The number of ether oxygens (including phenoxy) is 1. The molecule has 0 radical (unpaired) electrons. The SMILES string of the molecule is CCOCCCNC(=O)C(CC)N(c1ccc(F)cc1)S(C)(=O)=O. The number of amides is 1. The summed E-state index contributed by atoms with van der Waals surface area (Å²) in [6, 6.07) is 4.14. The van der Waals surface area contributed by atoms with E-state index >= 15 is 0 Å². The van der Waals surface area contributed by atoms with E-state index in [0.29, 0.717) is 32.6 Å². The van der Waals surface area contributed by atoms with Crippen molar-refractivity contribution in [2.45, 2.75) is 32.7 Å². The summed E-state index contributed by atoms with van der Waals surface area (Å²) in [4.78, 5) is 12.4. The first-order chi connectivity index (χ1) is 11.3. The van der Waals surface area contributed by atoms with Crippen molar-refractivity contribution in [2.24, 2.45) is 0 Å². The molecule has 0 aliphatic rings. The molecular weight excluding hydrogens is 335 g/mol. The lowest BCUT2D eigenvalue weighted by molar-refractivity contribution is -0.122. The van der Waals surface area contributed by atoms with Gasteiger partial charge in [0, 0.05) is 19.8 Å². The van der Waals surface area contributed by atoms with Gasteiger partial charge in [0.2, 0.25) is 15.9 Å². The second kappa shape index (κ2) is 9.58. The van der Waals surface area contributed by atoms with Gasteiger partial charge in [0.25, 0.3) is 0 Å². The summed E-state index contributed by atoms with van der Waals surface area (Å²) < 4.78 is 43.7. The summed E-state index contributed by atoms with van der Waals surface area (Å²) in [5.74, 6) is -0.857. The Morgan fingerprint density at radius 2 is 1.92 bits per heavy atom. The Bertz CT molecular complexity index is 619. The monoisotopic (exact) mass is 360 g/mol. The molecule has 0 aliphatic heterocycles. The second-order valence-corrected chi connectivity index (χ2v) is 7.16. The zero-order valence-corrected chi connectivity index (χ0v) is 15.1. The molecule has 24 heavy (non-hydrogen) atoms. The van der Waals surface area contributed by atoms with Gasteiger partial charge in [0.15, 0.2) is 0 Å². The van der Waals surface area contributed by atoms with Crippen LogP contribution in [-0.2, 0) is 19.6 Å². The van der Waals surface area contributed by atoms with Crippen LogP contribution in [0.3, 0.4) is 0 Å². The predicted molar refractivity (Wildman–Crippen MR) is 91.9 cm³/mol. The molecule has 1 aromatic carbocycles. The van der Waals surface area contributed by atoms with Crippen molar-refractivity contribution in [2.75, 3.05) is 30.3 Å². The zero-order valence-electron chi connectivity index (χ0n) is 14.3. The van der Waals surface area contributed by atoms with Crippen LogP contribution in [0, 0.1) is 5.82 Å². The number of nitrogens with one attached hydrogen (secondary N) is 1. The van der Waals surface area contributed by atoms with Crippen LogP contribution >= 0.6 is 0 Å². The van der Waals surface area contributed by atoms with Crippen molar-refractivity contribution in [3.63, 3.8) is 0 Å². The Hall–Kier alpha value is -1.67. The van der Waals surface area contributed by atoms with Gasteiger partial charge < -0.3 is 10.1 Å². The fraction of sp³-hybridized carbons (Fsp3) is 0.562. The van der Waals surface area contributed by atoms with Crippen molar-refractivity contribution in [3.8, 4) is 0 Å². The van der Waals surface area contributed by atoms with Gasteiger partial charge in [-0.3, -0.25) is 9.10 Å². The minimum absolute atomic E-state index is 0.259. The molecule has 0 heterocycles. The molecular formula is C16H25FN2O4S. The van der Waals surface area contributed by atoms with Crippen LogP contribution in [0.2, 0.25) is 0 Å². The molecule has 1 N–H and O–H groups in total. The molecule has 1 atom stereocenters. The van der Waals surface area contributed by atoms with Gasteiger partial charge in [0.1, 0.15) is 11.9 Å². The first kappa shape index (κ1) is 20.4. The number of rotatable bonds is 10. The van der Waals surface area contributed by atoms with Crippen LogP contribution in [0.4, 0.5) is 10.1 Å². The highest BCUT2D eigenvalue weighted by atomic mass is 32.2. The summed E-state index contributed by atoms with van der Waals surface area (Å²) >= 11 is 0. The minimum atomic E-state index is -3.70. The fourth-order valence-corrected chi connectivity index (χ4v) is 3.51. The van der Waals surface area contributed by atoms with Crippen molar-refractivity contribution in [1.29, 1.82) is 0 Å². The maximum Gasteiger partial charge on any atom is 0.243 e. The normalized spacial score (nSPS) is 12.7. The Morgan fingerprint density at radius 1 is 1.29 bits per heavy atom. The molecule has 0 aromatic heterocycles. The van der Waals surface area contributed by atoms with Crippen LogP contribution in [0.1, 0.15) is 26.7 Å². The van der Waals surface area contributed by atoms with Crippen molar-refractivity contribution < 1.29 is 22.3 Å². The molecule has 1 aromatic rings. The van der Waals surface area contributed by atoms with Gasteiger partial charge in [-0.25, -0.2) is 12.8 Å². The highest BCUT2D eigenvalue weighted by molar-refractivity contribution is 7.92. The number of nitrogens with zero attached hydrogens (tertiary/aromatic N) is 1. The van der Waals surface area contributed by atoms with Crippen LogP contribution in [0.5, 0.6) is 0 Å². The average Bonchev–Trinajstić information content (AvgIpc) is 2.52. The largest absolute Gasteiger partial charge is 0.382 e. The molecule has 1 unspecified atom stereocenters. The number of carbonyl (C=O) groups excluding carboxylic acids is 1. The van der Waals surface area contributed by atoms with Crippen LogP contribution < -0.4 is 9.62 Å². The van der Waals surface area contributed by atoms with Crippen molar-refractivity contribution in [1.82, 2.24) is 5.32 Å². The van der Waals surface area contributed by atoms with Gasteiger partial charge in [-0.1, -0.05) is 6.92 Å². The molecule has 6 nitrogen and oxygen atoms in total. The molecule has 8 heteroatoms. The van der Waals surface area contributed by atoms with Gasteiger partial charge >= 0.3 is 0 Å². The third-order valence-corrected chi connectivity index (χ3v) is 4.56. The quantitative estimate of drug-likeness (QED) is 0.647. The summed E-state index contributed by atoms with van der Waals surface area (Å²) in [5.41, 5.74) is 0.259. The van der Waals surface area contributed by atoms with E-state index in [4.69, 9.17) is 4.74 Å². The van der Waals surface area contributed by atoms with Crippen LogP contribution in [-0.4, -0.2) is 46.4 Å². The molecule has 0 fully saturated rings. The smallest absolute Gasteiger partial charge is 0.243 e. The van der Waals surface area contributed by atoms with E-state index in [1.54, 1.807) is 6.92 Å². The maximum atomic E-state index is 13.1. The van der Waals surface area contributed by atoms with Crippen molar-refractivity contribution in [3.05, 3.63) is 30.1 Å². The Labute approximate surface area is 143 Å². The van der Waals surface area contributed by atoms with Crippen LogP contribution in [0.15, 0.2) is 24.3 Å². The standard InChI is InChI=1S/C16H25FN2O4S/c1-4-15(16(20)18-11-6-12-23-5-2)19(24(3,21)22)14-9-7-13(17)8-10-14/h7-10,15H,4-6,11-12H2,1-3H3,(H,18,20). The van der Waals surface area contributed by atoms with Gasteiger partial charge in [0.05, 0.1) is 11.9 Å². The van der Waals surface area contributed by atoms with E-state index in [2.05, 4.69) is 5.32 Å². The highest BCUT2D eigenvalue weighted by Gasteiger charge is 2.31. The lowest BCUT2D eigenvalue weighted by Gasteiger charge is -2.30. The summed E-state index contributed by atoms with van der Waals surface area (Å²) in [5, 5.41) is 2.73. The summed E-state index contributed by atoms with van der Waals surface area (Å²) in [7, 11) is -3.70. The van der Waals surface area contributed by atoms with E-state index in [-0.39, 0.29) is 11.6 Å². The Kier molecular flexibility index (Phi) is 8.14. The molecule has 0 saturated carbocycles. The lowest BCUT2D eigenvalue weighted by atomic mass is 10.2. The van der Waals surface area contributed by atoms with Gasteiger partial charge in [-0.2, -0.15) is 0 Å². The lowest BCUT2D eigenvalue weighted by Crippen LogP contribution is -2.49. The zero-order chi connectivity index (χ0) is 18.2. The molecule has 1 amide bonds. The Balaban J connectivity index is 2.90. The third kappa shape index (κ3) is 6.09. The number of anilines is 1. The number of hydrogen-bond donors (Lipinski definition) is 1. The number of halogens is 1. The number of hydrogen-bond acceptors (Lipinski definition) is 4. The topological polar surface area (TPSA) is 75.7 Å². The van der Waals surface area contributed by atoms with E-state index in [9.17, 15) is 17.6 Å². The molecule has 0 spiro atoms. The van der Waals surface area contributed by atoms with E-state index in [1.807, 2.05) is 6.92 Å². The van der Waals surface area contributed by atoms with Gasteiger partial charge in [-0.05, 0) is 44.0 Å². The molecule has 136 valence electrons. The molecule has 0 aliphatic carbocycles. The summed E-state index contributed by atoms with van der Waals surface area (Å²) in [6.07, 6.45) is 1.97. The van der Waals surface area contributed by atoms with Gasteiger partial charge in [-0.15, -0.1) is 0 Å². The molecule has 0 saturated heterocycles. The predicted octanol–water partition coefficient (Wildman–Crippen LogP) is 1.91. The number of benzene rings is 1. The van der Waals surface area contributed by atoms with E-state index in [0.717, 1.165) is 10.6 Å². The highest BCUT2D eigenvalue weighted by Crippen LogP contribution is 2.22. The van der Waals surface area contributed by atoms with Crippen molar-refractivity contribution >= 4 is 21.6 Å². The summed E-state index contributed by atoms with van der Waals surface area (Å²) in [6.45, 7) is 5.15. The van der Waals surface area contributed by atoms with E-state index in [1.165, 1.54) is 24.3 Å². The number of sulfonamides is 1. The Morgan fingerprint density at radius 3 is 2.42 bits per heavy atom. The molecule has 0 bridgehead atoms. The number of carbonyl (C=O) groups is 1. The first-order valence-electron chi connectivity index (χ1n) is 7.91.